The molecular weight excluding hydrogens is 257 g/mol. The first kappa shape index (κ1) is 16.8. The summed E-state index contributed by atoms with van der Waals surface area (Å²) in [6.07, 6.45) is 0. The molecule has 0 aliphatic carbocycles. The molecule has 3 nitrogen and oxygen atoms in total. The lowest BCUT2D eigenvalue weighted by Crippen LogP contribution is -2.42. The van der Waals surface area contributed by atoms with Crippen LogP contribution in [0.1, 0.15) is 40.2 Å². The molecule has 0 spiro atoms. The highest BCUT2D eigenvalue weighted by Crippen LogP contribution is 2.44. The quantitative estimate of drug-likeness (QED) is 0.866. The third-order valence-electron chi connectivity index (χ3n) is 3.47. The third-order valence-corrected chi connectivity index (χ3v) is 3.47. The fourth-order valence-corrected chi connectivity index (χ4v) is 2.15. The molecule has 0 radical (unpaired) electrons. The van der Waals surface area contributed by atoms with Gasteiger partial charge in [0, 0.05) is 12.0 Å². The topological polar surface area (TPSA) is 44.5 Å². The van der Waals surface area contributed by atoms with Crippen LogP contribution in [0.2, 0.25) is 0 Å². The summed E-state index contributed by atoms with van der Waals surface area (Å²) in [5.74, 6) is 1.19. The van der Waals surface area contributed by atoms with Gasteiger partial charge in [0.05, 0.1) is 13.2 Å². The number of nitrogens with two attached hydrogens (primary N) is 1. The molecule has 20 heavy (non-hydrogen) atoms. The molecule has 1 rings (SSSR count). The largest absolute Gasteiger partial charge is 0.490 e. The van der Waals surface area contributed by atoms with Crippen molar-refractivity contribution in [1.82, 2.24) is 0 Å². The number of hydrogen-bond donors (Lipinski definition) is 1. The fourth-order valence-electron chi connectivity index (χ4n) is 2.15. The number of benzene rings is 1. The zero-order chi connectivity index (χ0) is 15.4. The number of alkyl halides is 1. The predicted molar refractivity (Wildman–Crippen MR) is 80.1 cm³/mol. The van der Waals surface area contributed by atoms with Crippen LogP contribution < -0.4 is 15.2 Å². The van der Waals surface area contributed by atoms with Crippen molar-refractivity contribution in [2.75, 3.05) is 19.8 Å². The minimum Gasteiger partial charge on any atom is -0.490 e. The second-order valence-electron chi connectivity index (χ2n) is 5.78. The van der Waals surface area contributed by atoms with Crippen LogP contribution in [0.5, 0.6) is 11.5 Å². The van der Waals surface area contributed by atoms with Crippen molar-refractivity contribution in [3.63, 3.8) is 0 Å². The Hall–Kier alpha value is -1.29. The Bertz CT molecular complexity index is 443. The molecule has 1 unspecified atom stereocenters. The molecule has 1 aromatic rings. The lowest BCUT2D eigenvalue weighted by molar-refractivity contribution is 0.0340. The molecule has 1 atom stereocenters. The van der Waals surface area contributed by atoms with Crippen LogP contribution in [0, 0.1) is 5.41 Å². The molecule has 0 amide bonds. The molecule has 0 saturated heterocycles. The number of ether oxygens (including phenoxy) is 2. The summed E-state index contributed by atoms with van der Waals surface area (Å²) in [5, 5.41) is 0. The van der Waals surface area contributed by atoms with Gasteiger partial charge in [-0.15, -0.1) is 0 Å². The maximum absolute atomic E-state index is 15.3. The van der Waals surface area contributed by atoms with E-state index in [4.69, 9.17) is 15.2 Å². The predicted octanol–water partition coefficient (Wildman–Crippen LogP) is 3.65. The molecule has 0 bridgehead atoms. The standard InChI is InChI=1S/C16H26FNO2/c1-6-19-13-9-8-12(10-14(13)20-7-2)16(17,11-18)15(3,4)5/h8-10H,6-7,11,18H2,1-5H3. The average molecular weight is 283 g/mol. The molecule has 0 fully saturated rings. The van der Waals surface area contributed by atoms with Crippen molar-refractivity contribution in [1.29, 1.82) is 0 Å². The van der Waals surface area contributed by atoms with E-state index >= 15 is 4.39 Å². The molecular formula is C16H26FNO2. The van der Waals surface area contributed by atoms with Gasteiger partial charge in [-0.3, -0.25) is 0 Å². The van der Waals surface area contributed by atoms with E-state index in [0.717, 1.165) is 0 Å². The highest BCUT2D eigenvalue weighted by molar-refractivity contribution is 5.45. The summed E-state index contributed by atoms with van der Waals surface area (Å²) in [5.41, 5.74) is 4.02. The van der Waals surface area contributed by atoms with Crippen molar-refractivity contribution < 1.29 is 13.9 Å². The van der Waals surface area contributed by atoms with Crippen molar-refractivity contribution in [2.24, 2.45) is 11.1 Å². The molecule has 0 aromatic heterocycles. The number of rotatable bonds is 6. The van der Waals surface area contributed by atoms with Crippen molar-refractivity contribution in [2.45, 2.75) is 40.3 Å². The lowest BCUT2D eigenvalue weighted by Gasteiger charge is -2.37. The normalized spacial score (nSPS) is 14.8. The van der Waals surface area contributed by atoms with Crippen LogP contribution in [0.4, 0.5) is 4.39 Å². The summed E-state index contributed by atoms with van der Waals surface area (Å²) in [6, 6.07) is 5.18. The van der Waals surface area contributed by atoms with Crippen molar-refractivity contribution >= 4 is 0 Å². The van der Waals surface area contributed by atoms with Crippen LogP contribution in [-0.2, 0) is 5.67 Å². The molecule has 2 N–H and O–H groups in total. The Balaban J connectivity index is 3.28. The Labute approximate surface area is 121 Å². The van der Waals surface area contributed by atoms with E-state index in [0.29, 0.717) is 30.3 Å². The number of halogens is 1. The minimum atomic E-state index is -1.61. The zero-order valence-corrected chi connectivity index (χ0v) is 13.1. The SMILES string of the molecule is CCOc1ccc(C(F)(CN)C(C)(C)C)cc1OCC. The van der Waals surface area contributed by atoms with E-state index in [1.54, 1.807) is 18.2 Å². The first-order valence-corrected chi connectivity index (χ1v) is 7.09. The average Bonchev–Trinajstić information content (AvgIpc) is 2.39. The molecule has 114 valence electrons. The Kier molecular flexibility index (Phi) is 5.40. The Morgan fingerprint density at radius 1 is 1.05 bits per heavy atom. The van der Waals surface area contributed by atoms with Crippen LogP contribution in [0.15, 0.2) is 18.2 Å². The maximum Gasteiger partial charge on any atom is 0.161 e. The molecule has 4 heteroatoms. The van der Waals surface area contributed by atoms with Gasteiger partial charge in [-0.25, -0.2) is 4.39 Å². The van der Waals surface area contributed by atoms with Crippen LogP contribution in [-0.4, -0.2) is 19.8 Å². The zero-order valence-electron chi connectivity index (χ0n) is 13.1. The van der Waals surface area contributed by atoms with Gasteiger partial charge in [0.2, 0.25) is 0 Å². The smallest absolute Gasteiger partial charge is 0.161 e. The summed E-state index contributed by atoms with van der Waals surface area (Å²) in [4.78, 5) is 0. The summed E-state index contributed by atoms with van der Waals surface area (Å²) < 4.78 is 26.3. The monoisotopic (exact) mass is 283 g/mol. The van der Waals surface area contributed by atoms with Gasteiger partial charge in [-0.1, -0.05) is 26.8 Å². The van der Waals surface area contributed by atoms with Gasteiger partial charge in [-0.05, 0) is 31.5 Å². The fraction of sp³-hybridized carbons (Fsp3) is 0.625. The van der Waals surface area contributed by atoms with E-state index in [1.807, 2.05) is 34.6 Å². The molecule has 0 aliphatic heterocycles. The number of hydrogen-bond acceptors (Lipinski definition) is 3. The van der Waals surface area contributed by atoms with Crippen LogP contribution >= 0.6 is 0 Å². The summed E-state index contributed by atoms with van der Waals surface area (Å²) >= 11 is 0. The molecule has 1 aromatic carbocycles. The van der Waals surface area contributed by atoms with Gasteiger partial charge in [0.25, 0.3) is 0 Å². The Morgan fingerprint density at radius 2 is 1.60 bits per heavy atom. The van der Waals surface area contributed by atoms with Crippen LogP contribution in [0.3, 0.4) is 0 Å². The van der Waals surface area contributed by atoms with E-state index in [2.05, 4.69) is 0 Å². The molecule has 0 saturated carbocycles. The van der Waals surface area contributed by atoms with E-state index in [-0.39, 0.29) is 6.54 Å². The third kappa shape index (κ3) is 3.23. The summed E-state index contributed by atoms with van der Waals surface area (Å²) in [7, 11) is 0. The second kappa shape index (κ2) is 6.44. The minimum absolute atomic E-state index is 0.0734. The van der Waals surface area contributed by atoms with Gasteiger partial charge in [0.15, 0.2) is 17.2 Å². The second-order valence-corrected chi connectivity index (χ2v) is 5.78. The first-order valence-electron chi connectivity index (χ1n) is 7.09. The van der Waals surface area contributed by atoms with Crippen LogP contribution in [0.25, 0.3) is 0 Å². The van der Waals surface area contributed by atoms with Gasteiger partial charge < -0.3 is 15.2 Å². The van der Waals surface area contributed by atoms with E-state index in [9.17, 15) is 0 Å². The van der Waals surface area contributed by atoms with E-state index < -0.39 is 11.1 Å². The van der Waals surface area contributed by atoms with Crippen molar-refractivity contribution in [3.8, 4) is 11.5 Å². The van der Waals surface area contributed by atoms with Gasteiger partial charge >= 0.3 is 0 Å². The molecule has 0 heterocycles. The van der Waals surface area contributed by atoms with Crippen molar-refractivity contribution in [3.05, 3.63) is 23.8 Å². The van der Waals surface area contributed by atoms with E-state index in [1.165, 1.54) is 0 Å². The van der Waals surface area contributed by atoms with Gasteiger partial charge in [0.1, 0.15) is 0 Å². The first-order chi connectivity index (χ1) is 9.30. The lowest BCUT2D eigenvalue weighted by atomic mass is 9.73. The highest BCUT2D eigenvalue weighted by Gasteiger charge is 2.43. The Morgan fingerprint density at radius 3 is 2.05 bits per heavy atom. The van der Waals surface area contributed by atoms with Gasteiger partial charge in [-0.2, -0.15) is 0 Å². The highest BCUT2D eigenvalue weighted by atomic mass is 19.1. The maximum atomic E-state index is 15.3. The summed E-state index contributed by atoms with van der Waals surface area (Å²) in [6.45, 7) is 10.3. The molecule has 0 aliphatic rings.